The smallest absolute Gasteiger partial charge is 0.0511 e. The first kappa shape index (κ1) is 21.5. The maximum absolute atomic E-state index is 2.34. The summed E-state index contributed by atoms with van der Waals surface area (Å²) in [7, 11) is 0. The van der Waals surface area contributed by atoms with Crippen LogP contribution >= 0.6 is 0 Å². The molecule has 0 radical (unpaired) electrons. The van der Waals surface area contributed by atoms with Gasteiger partial charge in [-0.25, -0.2) is 0 Å². The van der Waals surface area contributed by atoms with Crippen LogP contribution in [0.15, 0.2) is 133 Å². The van der Waals surface area contributed by atoms with Crippen LogP contribution in [-0.4, -0.2) is 0 Å². The number of benzene rings is 5. The van der Waals surface area contributed by atoms with E-state index in [0.717, 1.165) is 34.1 Å². The Labute approximate surface area is 202 Å². The van der Waals surface area contributed by atoms with Gasteiger partial charge in [0, 0.05) is 22.7 Å². The molecule has 0 fully saturated rings. The molecule has 0 heterocycles. The van der Waals surface area contributed by atoms with E-state index in [4.69, 9.17) is 0 Å². The fraction of sp³-hybridized carbons (Fsp3) is 0.0625. The van der Waals surface area contributed by atoms with Crippen LogP contribution in [-0.2, 0) is 0 Å². The maximum Gasteiger partial charge on any atom is 0.0511 e. The molecule has 5 aromatic rings. The molecular formula is C32H28N2. The van der Waals surface area contributed by atoms with E-state index >= 15 is 0 Å². The molecule has 0 aromatic heterocycles. The van der Waals surface area contributed by atoms with Gasteiger partial charge in [0.05, 0.1) is 11.4 Å². The Hall–Kier alpha value is -4.30. The van der Waals surface area contributed by atoms with E-state index in [9.17, 15) is 0 Å². The van der Waals surface area contributed by atoms with Crippen molar-refractivity contribution in [2.24, 2.45) is 0 Å². The normalized spacial score (nSPS) is 10.6. The van der Waals surface area contributed by atoms with Crippen molar-refractivity contribution in [1.82, 2.24) is 0 Å². The molecule has 2 nitrogen and oxygen atoms in total. The van der Waals surface area contributed by atoms with Crippen molar-refractivity contribution in [3.8, 4) is 0 Å². The average Bonchev–Trinajstić information content (AvgIpc) is 2.89. The monoisotopic (exact) mass is 440 g/mol. The molecule has 166 valence electrons. The topological polar surface area (TPSA) is 6.48 Å². The molecule has 0 N–H and O–H groups in total. The standard InChI is InChI=1S/C32H28N2/c1-25-23-26(2)32(34(29-19-11-5-12-20-29)30-21-13-6-14-22-30)24-31(25)33(27-15-7-3-8-16-27)28-17-9-4-10-18-28/h3-24H,1-2H3. The number of hydrogen-bond donors (Lipinski definition) is 0. The SMILES string of the molecule is Cc1cc(C)c(N(c2ccccc2)c2ccccc2)cc1N(c1ccccc1)c1ccccc1. The van der Waals surface area contributed by atoms with Gasteiger partial charge in [-0.2, -0.15) is 0 Å². The van der Waals surface area contributed by atoms with Crippen LogP contribution in [0.25, 0.3) is 0 Å². The van der Waals surface area contributed by atoms with E-state index in [-0.39, 0.29) is 0 Å². The Morgan fingerprint density at radius 1 is 0.353 bits per heavy atom. The highest BCUT2D eigenvalue weighted by molar-refractivity contribution is 5.85. The van der Waals surface area contributed by atoms with Gasteiger partial charge in [0.1, 0.15) is 0 Å². The van der Waals surface area contributed by atoms with Crippen molar-refractivity contribution < 1.29 is 0 Å². The molecular weight excluding hydrogens is 412 g/mol. The molecule has 0 atom stereocenters. The largest absolute Gasteiger partial charge is 0.310 e. The van der Waals surface area contributed by atoms with Gasteiger partial charge in [0.2, 0.25) is 0 Å². The van der Waals surface area contributed by atoms with Crippen LogP contribution in [0.1, 0.15) is 11.1 Å². The molecule has 0 spiro atoms. The van der Waals surface area contributed by atoms with Gasteiger partial charge >= 0.3 is 0 Å². The molecule has 0 aliphatic rings. The minimum atomic E-state index is 1.14. The predicted molar refractivity (Wildman–Crippen MR) is 145 cm³/mol. The van der Waals surface area contributed by atoms with Crippen LogP contribution in [0.5, 0.6) is 0 Å². The summed E-state index contributed by atoms with van der Waals surface area (Å²) in [6.45, 7) is 4.39. The van der Waals surface area contributed by atoms with Gasteiger partial charge in [0.15, 0.2) is 0 Å². The Morgan fingerprint density at radius 2 is 0.618 bits per heavy atom. The summed E-state index contributed by atoms with van der Waals surface area (Å²) in [4.78, 5) is 4.68. The van der Waals surface area contributed by atoms with Gasteiger partial charge in [0.25, 0.3) is 0 Å². The highest BCUT2D eigenvalue weighted by Gasteiger charge is 2.20. The number of hydrogen-bond acceptors (Lipinski definition) is 2. The Bertz CT molecular complexity index is 1160. The van der Waals surface area contributed by atoms with Gasteiger partial charge in [-0.15, -0.1) is 0 Å². The van der Waals surface area contributed by atoms with E-state index in [1.54, 1.807) is 0 Å². The summed E-state index contributed by atoms with van der Waals surface area (Å²) in [5, 5.41) is 0. The average molecular weight is 441 g/mol. The summed E-state index contributed by atoms with van der Waals surface area (Å²) in [5.74, 6) is 0. The first-order valence-electron chi connectivity index (χ1n) is 11.6. The lowest BCUT2D eigenvalue weighted by Gasteiger charge is -2.31. The summed E-state index contributed by atoms with van der Waals surface area (Å²) < 4.78 is 0. The highest BCUT2D eigenvalue weighted by Crippen LogP contribution is 2.43. The first-order chi connectivity index (χ1) is 16.7. The van der Waals surface area contributed by atoms with E-state index in [0.29, 0.717) is 0 Å². The Kier molecular flexibility index (Phi) is 6.13. The fourth-order valence-corrected chi connectivity index (χ4v) is 4.47. The van der Waals surface area contributed by atoms with Crippen LogP contribution in [0, 0.1) is 13.8 Å². The molecule has 0 saturated carbocycles. The zero-order valence-corrected chi connectivity index (χ0v) is 19.6. The van der Waals surface area contributed by atoms with E-state index in [1.165, 1.54) is 11.1 Å². The van der Waals surface area contributed by atoms with E-state index in [2.05, 4.69) is 157 Å². The highest BCUT2D eigenvalue weighted by atomic mass is 15.2. The van der Waals surface area contributed by atoms with E-state index < -0.39 is 0 Å². The third-order valence-electron chi connectivity index (χ3n) is 6.05. The number of anilines is 6. The van der Waals surface area contributed by atoms with Crippen molar-refractivity contribution >= 4 is 34.1 Å². The number of rotatable bonds is 6. The third-order valence-corrected chi connectivity index (χ3v) is 6.05. The fourth-order valence-electron chi connectivity index (χ4n) is 4.47. The maximum atomic E-state index is 2.34. The quantitative estimate of drug-likeness (QED) is 0.259. The van der Waals surface area contributed by atoms with Gasteiger partial charge < -0.3 is 9.80 Å². The van der Waals surface area contributed by atoms with Crippen LogP contribution in [0.2, 0.25) is 0 Å². The lowest BCUT2D eigenvalue weighted by Crippen LogP contribution is -2.15. The van der Waals surface area contributed by atoms with E-state index in [1.807, 2.05) is 0 Å². The minimum Gasteiger partial charge on any atom is -0.310 e. The van der Waals surface area contributed by atoms with Crippen molar-refractivity contribution in [3.05, 3.63) is 145 Å². The van der Waals surface area contributed by atoms with Crippen LogP contribution in [0.4, 0.5) is 34.1 Å². The summed E-state index contributed by atoms with van der Waals surface area (Å²) in [6, 6.07) is 46.9. The van der Waals surface area contributed by atoms with Gasteiger partial charge in [-0.3, -0.25) is 0 Å². The molecule has 5 rings (SSSR count). The molecule has 0 aliphatic heterocycles. The summed E-state index contributed by atoms with van der Waals surface area (Å²) in [6.07, 6.45) is 0. The summed E-state index contributed by atoms with van der Waals surface area (Å²) >= 11 is 0. The number of aryl methyl sites for hydroxylation is 2. The zero-order valence-electron chi connectivity index (χ0n) is 19.6. The lowest BCUT2D eigenvalue weighted by atomic mass is 10.0. The molecule has 0 saturated heterocycles. The van der Waals surface area contributed by atoms with Crippen LogP contribution < -0.4 is 9.80 Å². The van der Waals surface area contributed by atoms with Crippen LogP contribution in [0.3, 0.4) is 0 Å². The molecule has 34 heavy (non-hydrogen) atoms. The van der Waals surface area contributed by atoms with Gasteiger partial charge in [-0.05, 0) is 79.6 Å². The predicted octanol–water partition coefficient (Wildman–Crippen LogP) is 9.24. The van der Waals surface area contributed by atoms with Crippen molar-refractivity contribution in [2.75, 3.05) is 9.80 Å². The molecule has 0 amide bonds. The molecule has 0 bridgehead atoms. The zero-order chi connectivity index (χ0) is 23.3. The van der Waals surface area contributed by atoms with Crippen molar-refractivity contribution in [1.29, 1.82) is 0 Å². The minimum absolute atomic E-state index is 1.14. The summed E-state index contributed by atoms with van der Waals surface area (Å²) in [5.41, 5.74) is 9.33. The third kappa shape index (κ3) is 4.31. The number of para-hydroxylation sites is 4. The second-order valence-corrected chi connectivity index (χ2v) is 8.44. The molecule has 0 aliphatic carbocycles. The molecule has 2 heteroatoms. The van der Waals surface area contributed by atoms with Crippen molar-refractivity contribution in [2.45, 2.75) is 13.8 Å². The number of nitrogens with zero attached hydrogens (tertiary/aromatic N) is 2. The van der Waals surface area contributed by atoms with Crippen molar-refractivity contribution in [3.63, 3.8) is 0 Å². The molecule has 5 aromatic carbocycles. The lowest BCUT2D eigenvalue weighted by molar-refractivity contribution is 1.20. The molecule has 0 unspecified atom stereocenters. The Morgan fingerprint density at radius 3 is 0.882 bits per heavy atom. The second kappa shape index (κ2) is 9.68. The Balaban J connectivity index is 1.73. The first-order valence-corrected chi connectivity index (χ1v) is 11.6. The second-order valence-electron chi connectivity index (χ2n) is 8.44. The van der Waals surface area contributed by atoms with Gasteiger partial charge in [-0.1, -0.05) is 78.9 Å².